The van der Waals surface area contributed by atoms with E-state index in [1.165, 1.54) is 10.9 Å². The zero-order valence-electron chi connectivity index (χ0n) is 19.7. The van der Waals surface area contributed by atoms with Gasteiger partial charge in [0.25, 0.3) is 11.5 Å². The summed E-state index contributed by atoms with van der Waals surface area (Å²) < 4.78 is 8.51. The van der Waals surface area contributed by atoms with Crippen molar-refractivity contribution >= 4 is 33.7 Å². The molecule has 6 aromatic rings. The Morgan fingerprint density at radius 2 is 1.76 bits per heavy atom. The average Bonchev–Trinajstić information content (AvgIpc) is 3.48. The molecule has 11 heteroatoms. The van der Waals surface area contributed by atoms with Gasteiger partial charge in [0.2, 0.25) is 5.95 Å². The highest BCUT2D eigenvalue weighted by molar-refractivity contribution is 6.02. The third-order valence-electron chi connectivity index (χ3n) is 5.84. The van der Waals surface area contributed by atoms with E-state index in [2.05, 4.69) is 25.5 Å². The van der Waals surface area contributed by atoms with Crippen LogP contribution in [0, 0.1) is 13.8 Å². The van der Waals surface area contributed by atoms with Crippen molar-refractivity contribution in [3.63, 3.8) is 0 Å². The fraction of sp³-hybridized carbons (Fsp3) is 0.0769. The lowest BCUT2D eigenvalue weighted by Crippen LogP contribution is -2.20. The Labute approximate surface area is 208 Å². The first-order chi connectivity index (χ1) is 17.9. The van der Waals surface area contributed by atoms with Crippen LogP contribution in [-0.2, 0) is 0 Å². The van der Waals surface area contributed by atoms with Gasteiger partial charge in [0, 0.05) is 12.1 Å². The number of aryl methyl sites for hydroxylation is 2. The molecule has 0 unspecified atom stereocenters. The number of benzene rings is 2. The van der Waals surface area contributed by atoms with E-state index in [4.69, 9.17) is 4.42 Å². The molecule has 1 amide bonds. The van der Waals surface area contributed by atoms with Crippen molar-refractivity contribution in [1.29, 1.82) is 0 Å². The summed E-state index contributed by atoms with van der Waals surface area (Å²) in [5, 5.41) is 12.1. The number of anilines is 1. The highest BCUT2D eigenvalue weighted by atomic mass is 16.3. The van der Waals surface area contributed by atoms with E-state index >= 15 is 0 Å². The first-order valence-corrected chi connectivity index (χ1v) is 11.3. The molecule has 4 aromatic heterocycles. The molecular formula is C26H19N7O4. The highest BCUT2D eigenvalue weighted by Gasteiger charge is 2.19. The summed E-state index contributed by atoms with van der Waals surface area (Å²) in [5.41, 5.74) is 2.26. The molecule has 37 heavy (non-hydrogen) atoms. The highest BCUT2D eigenvalue weighted by Crippen LogP contribution is 2.19. The third-order valence-corrected chi connectivity index (χ3v) is 5.84. The average molecular weight is 493 g/mol. The first-order valence-electron chi connectivity index (χ1n) is 11.3. The summed E-state index contributed by atoms with van der Waals surface area (Å²) >= 11 is 0. The second-order valence-corrected chi connectivity index (χ2v) is 8.53. The SMILES string of the molecule is Cc1ccc(-n2ncc3c(=O)[nH]c(-n4nc(C)cc4NC(=O)c4cc(=O)c5ccccc5o4)nc32)cc1. The molecule has 2 N–H and O–H groups in total. The summed E-state index contributed by atoms with van der Waals surface area (Å²) in [7, 11) is 0. The zero-order valence-corrected chi connectivity index (χ0v) is 19.7. The van der Waals surface area contributed by atoms with Gasteiger partial charge in [-0.2, -0.15) is 19.9 Å². The Bertz CT molecular complexity index is 1940. The molecule has 0 bridgehead atoms. The van der Waals surface area contributed by atoms with Gasteiger partial charge in [-0.25, -0.2) is 4.68 Å². The van der Waals surface area contributed by atoms with Crippen LogP contribution in [-0.4, -0.2) is 35.4 Å². The summed E-state index contributed by atoms with van der Waals surface area (Å²) in [6, 6.07) is 17.1. The van der Waals surface area contributed by atoms with Crippen molar-refractivity contribution < 1.29 is 9.21 Å². The molecule has 6 rings (SSSR count). The lowest BCUT2D eigenvalue weighted by molar-refractivity contribution is 0.0996. The van der Waals surface area contributed by atoms with E-state index in [1.807, 2.05) is 31.2 Å². The Hall–Kier alpha value is -5.32. The van der Waals surface area contributed by atoms with Crippen LogP contribution in [0.5, 0.6) is 0 Å². The Morgan fingerprint density at radius 3 is 2.57 bits per heavy atom. The van der Waals surface area contributed by atoms with Crippen LogP contribution < -0.4 is 16.3 Å². The van der Waals surface area contributed by atoms with Gasteiger partial charge >= 0.3 is 0 Å². The van der Waals surface area contributed by atoms with Gasteiger partial charge in [-0.1, -0.05) is 29.8 Å². The number of fused-ring (bicyclic) bond motifs is 2. The van der Waals surface area contributed by atoms with Crippen molar-refractivity contribution in [3.05, 3.63) is 104 Å². The van der Waals surface area contributed by atoms with Gasteiger partial charge in [0.1, 0.15) is 16.8 Å². The molecule has 4 heterocycles. The number of carbonyl (C=O) groups is 1. The van der Waals surface area contributed by atoms with Crippen LogP contribution in [0.1, 0.15) is 21.8 Å². The minimum Gasteiger partial charge on any atom is -0.451 e. The fourth-order valence-corrected chi connectivity index (χ4v) is 4.03. The minimum absolute atomic E-state index is 0.0784. The lowest BCUT2D eigenvalue weighted by atomic mass is 10.2. The normalized spacial score (nSPS) is 11.3. The summed E-state index contributed by atoms with van der Waals surface area (Å²) in [6.07, 6.45) is 1.45. The molecule has 0 radical (unpaired) electrons. The van der Waals surface area contributed by atoms with Crippen LogP contribution in [0.15, 0.2) is 80.9 Å². The molecule has 182 valence electrons. The largest absolute Gasteiger partial charge is 0.451 e. The molecule has 0 saturated carbocycles. The van der Waals surface area contributed by atoms with E-state index in [0.717, 1.165) is 17.3 Å². The number of rotatable bonds is 4. The van der Waals surface area contributed by atoms with Gasteiger partial charge in [-0.05, 0) is 38.1 Å². The maximum absolute atomic E-state index is 13.0. The second-order valence-electron chi connectivity index (χ2n) is 8.53. The number of amides is 1. The number of hydrogen-bond acceptors (Lipinski definition) is 7. The van der Waals surface area contributed by atoms with Crippen LogP contribution in [0.4, 0.5) is 5.82 Å². The number of aromatic nitrogens is 6. The minimum atomic E-state index is -0.655. The van der Waals surface area contributed by atoms with Crippen LogP contribution in [0.2, 0.25) is 0 Å². The standard InChI is InChI=1S/C26H19N7O4/c1-14-7-9-16(10-8-14)32-23-18(13-27-32)24(35)30-26(29-23)33-22(11-15(2)31-33)28-25(36)21-12-19(34)17-5-3-4-6-20(17)37-21/h3-13H,1-2H3,(H,28,36)(H,29,30,35). The van der Waals surface area contributed by atoms with E-state index in [0.29, 0.717) is 27.7 Å². The Morgan fingerprint density at radius 1 is 0.973 bits per heavy atom. The van der Waals surface area contributed by atoms with E-state index in [1.54, 1.807) is 41.9 Å². The van der Waals surface area contributed by atoms with Gasteiger partial charge < -0.3 is 9.73 Å². The molecule has 0 aliphatic rings. The number of nitrogens with one attached hydrogen (secondary N) is 2. The van der Waals surface area contributed by atoms with E-state index in [9.17, 15) is 14.4 Å². The molecule has 11 nitrogen and oxygen atoms in total. The Balaban J connectivity index is 1.41. The predicted molar refractivity (Wildman–Crippen MR) is 137 cm³/mol. The third kappa shape index (κ3) is 3.88. The lowest BCUT2D eigenvalue weighted by Gasteiger charge is -2.09. The number of nitrogens with zero attached hydrogens (tertiary/aromatic N) is 5. The molecule has 0 fully saturated rings. The van der Waals surface area contributed by atoms with Crippen LogP contribution in [0.3, 0.4) is 0 Å². The quantitative estimate of drug-likeness (QED) is 0.384. The fourth-order valence-electron chi connectivity index (χ4n) is 4.03. The van der Waals surface area contributed by atoms with Crippen LogP contribution in [0.25, 0.3) is 33.6 Å². The van der Waals surface area contributed by atoms with Crippen molar-refractivity contribution in [1.82, 2.24) is 29.5 Å². The zero-order chi connectivity index (χ0) is 25.7. The van der Waals surface area contributed by atoms with Gasteiger partial charge in [0.05, 0.1) is 23.0 Å². The number of aromatic amines is 1. The van der Waals surface area contributed by atoms with Gasteiger partial charge in [-0.15, -0.1) is 0 Å². The summed E-state index contributed by atoms with van der Waals surface area (Å²) in [4.78, 5) is 45.6. The van der Waals surface area contributed by atoms with Crippen molar-refractivity contribution in [2.24, 2.45) is 0 Å². The van der Waals surface area contributed by atoms with Gasteiger partial charge in [-0.3, -0.25) is 19.4 Å². The predicted octanol–water partition coefficient (Wildman–Crippen LogP) is 3.27. The second kappa shape index (κ2) is 8.41. The number of hydrogen-bond donors (Lipinski definition) is 2. The van der Waals surface area contributed by atoms with E-state index < -0.39 is 11.5 Å². The van der Waals surface area contributed by atoms with E-state index in [-0.39, 0.29) is 23.0 Å². The van der Waals surface area contributed by atoms with Gasteiger partial charge in [0.15, 0.2) is 16.8 Å². The molecule has 0 saturated heterocycles. The van der Waals surface area contributed by atoms with Crippen LogP contribution >= 0.6 is 0 Å². The molecule has 2 aromatic carbocycles. The monoisotopic (exact) mass is 493 g/mol. The maximum atomic E-state index is 13.0. The van der Waals surface area contributed by atoms with Crippen molar-refractivity contribution in [2.45, 2.75) is 13.8 Å². The Kier molecular flexibility index (Phi) is 5.04. The number of H-pyrrole nitrogens is 1. The molecule has 0 aliphatic heterocycles. The maximum Gasteiger partial charge on any atom is 0.292 e. The topological polar surface area (TPSA) is 141 Å². The number of para-hydroxylation sites is 1. The molecule has 0 aliphatic carbocycles. The molecule has 0 atom stereocenters. The molecular weight excluding hydrogens is 474 g/mol. The summed E-state index contributed by atoms with van der Waals surface area (Å²) in [6.45, 7) is 3.71. The smallest absolute Gasteiger partial charge is 0.292 e. The van der Waals surface area contributed by atoms with Crippen molar-refractivity contribution in [2.75, 3.05) is 5.32 Å². The molecule has 0 spiro atoms. The number of carbonyl (C=O) groups excluding carboxylic acids is 1. The van der Waals surface area contributed by atoms with Crippen molar-refractivity contribution in [3.8, 4) is 11.6 Å². The first kappa shape index (κ1) is 22.2. The summed E-state index contributed by atoms with van der Waals surface area (Å²) in [5.74, 6) is -0.516.